The van der Waals surface area contributed by atoms with Crippen LogP contribution in [0.1, 0.15) is 12.0 Å². The van der Waals surface area contributed by atoms with E-state index in [0.717, 1.165) is 13.0 Å². The summed E-state index contributed by atoms with van der Waals surface area (Å²) in [5.41, 5.74) is 1.23. The second-order valence-corrected chi connectivity index (χ2v) is 4.08. The highest BCUT2D eigenvalue weighted by Crippen LogP contribution is 2.10. The first kappa shape index (κ1) is 11.0. The van der Waals surface area contributed by atoms with Crippen LogP contribution in [0, 0.1) is 0 Å². The zero-order chi connectivity index (χ0) is 11.4. The number of nitrogens with zero attached hydrogens (tertiary/aromatic N) is 1. The Morgan fingerprint density at radius 3 is 2.81 bits per heavy atom. The van der Waals surface area contributed by atoms with Gasteiger partial charge < -0.3 is 15.3 Å². The van der Waals surface area contributed by atoms with E-state index in [-0.39, 0.29) is 6.04 Å². The minimum absolute atomic E-state index is 0.288. The summed E-state index contributed by atoms with van der Waals surface area (Å²) in [7, 11) is 0. The Balaban J connectivity index is 1.78. The molecule has 0 saturated carbocycles. The van der Waals surface area contributed by atoms with Gasteiger partial charge in [0.15, 0.2) is 0 Å². The number of nitrogens with one attached hydrogen (secondary N) is 1. The van der Waals surface area contributed by atoms with Crippen LogP contribution in [0.5, 0.6) is 0 Å². The van der Waals surface area contributed by atoms with E-state index in [1.54, 1.807) is 0 Å². The zero-order valence-corrected chi connectivity index (χ0v) is 9.10. The normalized spacial score (nSPS) is 20.0. The molecule has 1 aromatic rings. The Bertz CT molecular complexity index is 353. The van der Waals surface area contributed by atoms with Crippen LogP contribution in [0.3, 0.4) is 0 Å². The third-order valence-electron chi connectivity index (χ3n) is 2.90. The minimum Gasteiger partial charge on any atom is -0.465 e. The number of carbonyl (C=O) groups is 1. The minimum atomic E-state index is -0.816. The summed E-state index contributed by atoms with van der Waals surface area (Å²) < 4.78 is 0. The SMILES string of the molecule is O=C(O)N1CCC(NCc2ccccc2)C1. The van der Waals surface area contributed by atoms with Crippen LogP contribution in [-0.2, 0) is 6.54 Å². The fraction of sp³-hybridized carbons (Fsp3) is 0.417. The molecule has 0 bridgehead atoms. The molecule has 1 unspecified atom stereocenters. The van der Waals surface area contributed by atoms with Crippen molar-refractivity contribution in [3.05, 3.63) is 35.9 Å². The van der Waals surface area contributed by atoms with Gasteiger partial charge in [-0.1, -0.05) is 30.3 Å². The molecule has 1 heterocycles. The van der Waals surface area contributed by atoms with Gasteiger partial charge in [-0.15, -0.1) is 0 Å². The van der Waals surface area contributed by atoms with Crippen molar-refractivity contribution in [1.29, 1.82) is 0 Å². The van der Waals surface area contributed by atoms with Gasteiger partial charge in [0.1, 0.15) is 0 Å². The van der Waals surface area contributed by atoms with E-state index >= 15 is 0 Å². The predicted octanol–water partition coefficient (Wildman–Crippen LogP) is 1.53. The molecular weight excluding hydrogens is 204 g/mol. The Kier molecular flexibility index (Phi) is 3.41. The smallest absolute Gasteiger partial charge is 0.407 e. The van der Waals surface area contributed by atoms with Crippen molar-refractivity contribution in [3.8, 4) is 0 Å². The quantitative estimate of drug-likeness (QED) is 0.812. The Labute approximate surface area is 94.9 Å². The van der Waals surface area contributed by atoms with Crippen LogP contribution in [0.15, 0.2) is 30.3 Å². The van der Waals surface area contributed by atoms with Crippen LogP contribution >= 0.6 is 0 Å². The van der Waals surface area contributed by atoms with Gasteiger partial charge in [0.2, 0.25) is 0 Å². The van der Waals surface area contributed by atoms with Crippen LogP contribution < -0.4 is 5.32 Å². The van der Waals surface area contributed by atoms with Crippen molar-refractivity contribution in [2.24, 2.45) is 0 Å². The lowest BCUT2D eigenvalue weighted by Gasteiger charge is -2.13. The molecule has 0 radical (unpaired) electrons. The molecular formula is C12H16N2O2. The second-order valence-electron chi connectivity index (χ2n) is 4.08. The average Bonchev–Trinajstić information content (AvgIpc) is 2.76. The van der Waals surface area contributed by atoms with E-state index in [1.165, 1.54) is 10.5 Å². The zero-order valence-electron chi connectivity index (χ0n) is 9.10. The fourth-order valence-corrected chi connectivity index (χ4v) is 1.96. The van der Waals surface area contributed by atoms with Gasteiger partial charge in [-0.25, -0.2) is 4.79 Å². The molecule has 1 aliphatic heterocycles. The predicted molar refractivity (Wildman–Crippen MR) is 61.3 cm³/mol. The average molecular weight is 220 g/mol. The summed E-state index contributed by atoms with van der Waals surface area (Å²) in [6.07, 6.45) is 0.0862. The molecule has 0 spiro atoms. The highest BCUT2D eigenvalue weighted by molar-refractivity contribution is 5.65. The van der Waals surface area contributed by atoms with E-state index in [4.69, 9.17) is 5.11 Å². The highest BCUT2D eigenvalue weighted by atomic mass is 16.4. The van der Waals surface area contributed by atoms with Crippen molar-refractivity contribution in [2.45, 2.75) is 19.0 Å². The van der Waals surface area contributed by atoms with Gasteiger partial charge in [-0.3, -0.25) is 0 Å². The van der Waals surface area contributed by atoms with Crippen molar-refractivity contribution in [3.63, 3.8) is 0 Å². The van der Waals surface area contributed by atoms with Crippen LogP contribution in [0.2, 0.25) is 0 Å². The Hall–Kier alpha value is -1.55. The molecule has 0 aromatic heterocycles. The lowest BCUT2D eigenvalue weighted by molar-refractivity contribution is 0.154. The van der Waals surface area contributed by atoms with Gasteiger partial charge >= 0.3 is 6.09 Å². The summed E-state index contributed by atoms with van der Waals surface area (Å²) in [5, 5.41) is 12.2. The maximum Gasteiger partial charge on any atom is 0.407 e. The van der Waals surface area contributed by atoms with Crippen LogP contribution in [0.25, 0.3) is 0 Å². The summed E-state index contributed by atoms with van der Waals surface area (Å²) in [6.45, 7) is 2.04. The summed E-state index contributed by atoms with van der Waals surface area (Å²) in [4.78, 5) is 12.2. The summed E-state index contributed by atoms with van der Waals surface area (Å²) in [5.74, 6) is 0. The second kappa shape index (κ2) is 4.99. The number of hydrogen-bond donors (Lipinski definition) is 2. The molecule has 0 aliphatic carbocycles. The molecule has 2 rings (SSSR count). The van der Waals surface area contributed by atoms with Crippen molar-refractivity contribution in [1.82, 2.24) is 10.2 Å². The third kappa shape index (κ3) is 2.73. The first-order valence-corrected chi connectivity index (χ1v) is 5.51. The first-order valence-electron chi connectivity index (χ1n) is 5.51. The van der Waals surface area contributed by atoms with Crippen molar-refractivity contribution in [2.75, 3.05) is 13.1 Å². The Morgan fingerprint density at radius 1 is 1.44 bits per heavy atom. The number of hydrogen-bond acceptors (Lipinski definition) is 2. The lowest BCUT2D eigenvalue weighted by atomic mass is 10.2. The molecule has 1 aliphatic rings. The molecule has 16 heavy (non-hydrogen) atoms. The van der Waals surface area contributed by atoms with E-state index in [0.29, 0.717) is 13.1 Å². The lowest BCUT2D eigenvalue weighted by Crippen LogP contribution is -2.34. The van der Waals surface area contributed by atoms with Gasteiger partial charge in [-0.2, -0.15) is 0 Å². The molecule has 4 nitrogen and oxygen atoms in total. The maximum atomic E-state index is 10.7. The number of benzene rings is 1. The van der Waals surface area contributed by atoms with Gasteiger partial charge in [0.05, 0.1) is 0 Å². The van der Waals surface area contributed by atoms with Crippen LogP contribution in [-0.4, -0.2) is 35.2 Å². The number of amides is 1. The van der Waals surface area contributed by atoms with Gasteiger partial charge in [0, 0.05) is 25.7 Å². The molecule has 2 N–H and O–H groups in total. The molecule has 86 valence electrons. The van der Waals surface area contributed by atoms with Gasteiger partial charge in [-0.05, 0) is 12.0 Å². The molecule has 1 saturated heterocycles. The number of rotatable bonds is 3. The highest BCUT2D eigenvalue weighted by Gasteiger charge is 2.24. The first-order chi connectivity index (χ1) is 7.75. The molecule has 1 amide bonds. The molecule has 4 heteroatoms. The van der Waals surface area contributed by atoms with Crippen molar-refractivity contribution < 1.29 is 9.90 Å². The largest absolute Gasteiger partial charge is 0.465 e. The van der Waals surface area contributed by atoms with E-state index in [1.807, 2.05) is 18.2 Å². The number of carboxylic acid groups (broad SMARTS) is 1. The van der Waals surface area contributed by atoms with Crippen molar-refractivity contribution >= 4 is 6.09 Å². The summed E-state index contributed by atoms with van der Waals surface area (Å²) in [6, 6.07) is 10.4. The molecule has 1 atom stereocenters. The third-order valence-corrected chi connectivity index (χ3v) is 2.90. The van der Waals surface area contributed by atoms with E-state index < -0.39 is 6.09 Å². The monoisotopic (exact) mass is 220 g/mol. The fourth-order valence-electron chi connectivity index (χ4n) is 1.96. The van der Waals surface area contributed by atoms with Crippen LogP contribution in [0.4, 0.5) is 4.79 Å². The summed E-state index contributed by atoms with van der Waals surface area (Å²) >= 11 is 0. The maximum absolute atomic E-state index is 10.7. The molecule has 1 fully saturated rings. The standard InChI is InChI=1S/C12H16N2O2/c15-12(16)14-7-6-11(9-14)13-8-10-4-2-1-3-5-10/h1-5,11,13H,6-9H2,(H,15,16). The van der Waals surface area contributed by atoms with E-state index in [9.17, 15) is 4.79 Å². The van der Waals surface area contributed by atoms with Gasteiger partial charge in [0.25, 0.3) is 0 Å². The topological polar surface area (TPSA) is 52.6 Å². The van der Waals surface area contributed by atoms with E-state index in [2.05, 4.69) is 17.4 Å². The Morgan fingerprint density at radius 2 is 2.19 bits per heavy atom. The molecule has 1 aromatic carbocycles. The number of likely N-dealkylation sites (tertiary alicyclic amines) is 1.